The molecule has 0 saturated carbocycles. The second-order valence-electron chi connectivity index (χ2n) is 4.12. The molecule has 2 N–H and O–H groups in total. The zero-order valence-electron chi connectivity index (χ0n) is 8.07. The van der Waals surface area contributed by atoms with E-state index in [0.29, 0.717) is 12.3 Å². The lowest BCUT2D eigenvalue weighted by Gasteiger charge is -2.45. The van der Waals surface area contributed by atoms with Crippen molar-refractivity contribution in [2.24, 2.45) is 5.73 Å². The van der Waals surface area contributed by atoms with Gasteiger partial charge in [0.05, 0.1) is 6.04 Å². The van der Waals surface area contributed by atoms with E-state index < -0.39 is 0 Å². The average Bonchev–Trinajstić information content (AvgIpc) is 2.12. The van der Waals surface area contributed by atoms with Gasteiger partial charge in [0.25, 0.3) is 0 Å². The highest BCUT2D eigenvalue weighted by Gasteiger charge is 2.36. The van der Waals surface area contributed by atoms with E-state index >= 15 is 0 Å². The summed E-state index contributed by atoms with van der Waals surface area (Å²) < 4.78 is 0. The van der Waals surface area contributed by atoms with Crippen LogP contribution in [0.2, 0.25) is 0 Å². The molecule has 2 heterocycles. The Morgan fingerprint density at radius 2 is 2.23 bits per heavy atom. The number of nitrogens with two attached hydrogens (primary N) is 1. The van der Waals surface area contributed by atoms with Gasteiger partial charge in [0.15, 0.2) is 0 Å². The lowest BCUT2D eigenvalue weighted by atomic mass is 9.94. The van der Waals surface area contributed by atoms with Gasteiger partial charge in [-0.1, -0.05) is 0 Å². The minimum atomic E-state index is 0.181. The first-order valence-corrected chi connectivity index (χ1v) is 4.92. The number of fused-ring (bicyclic) bond motifs is 1. The van der Waals surface area contributed by atoms with Crippen molar-refractivity contribution in [1.82, 2.24) is 9.80 Å². The second kappa shape index (κ2) is 3.27. The van der Waals surface area contributed by atoms with Crippen LogP contribution >= 0.6 is 0 Å². The van der Waals surface area contributed by atoms with E-state index in [1.54, 1.807) is 0 Å². The molecular weight excluding hydrogens is 166 g/mol. The number of likely N-dealkylation sites (N-methyl/N-ethyl adjacent to an activating group) is 1. The van der Waals surface area contributed by atoms with Gasteiger partial charge in [-0.15, -0.1) is 0 Å². The third-order valence-electron chi connectivity index (χ3n) is 3.13. The lowest BCUT2D eigenvalue weighted by Crippen LogP contribution is -2.63. The lowest BCUT2D eigenvalue weighted by molar-refractivity contribution is -0.140. The molecule has 2 aliphatic rings. The first-order valence-electron chi connectivity index (χ1n) is 4.92. The van der Waals surface area contributed by atoms with E-state index in [4.69, 9.17) is 5.73 Å². The smallest absolute Gasteiger partial charge is 0.223 e. The number of hydrogen-bond donors (Lipinski definition) is 1. The van der Waals surface area contributed by atoms with Crippen LogP contribution in [0, 0.1) is 0 Å². The van der Waals surface area contributed by atoms with Gasteiger partial charge in [0, 0.05) is 32.1 Å². The minimum absolute atomic E-state index is 0.181. The van der Waals surface area contributed by atoms with Crippen LogP contribution < -0.4 is 5.73 Å². The van der Waals surface area contributed by atoms with Gasteiger partial charge in [0.1, 0.15) is 0 Å². The predicted molar refractivity (Wildman–Crippen MR) is 50.2 cm³/mol. The Balaban J connectivity index is 2.11. The monoisotopic (exact) mass is 183 g/mol. The number of hydrogen-bond acceptors (Lipinski definition) is 3. The molecule has 2 aliphatic heterocycles. The highest BCUT2D eigenvalue weighted by molar-refractivity contribution is 5.77. The summed E-state index contributed by atoms with van der Waals surface area (Å²) in [5.74, 6) is 0.291. The fourth-order valence-electron chi connectivity index (χ4n) is 2.26. The molecule has 74 valence electrons. The average molecular weight is 183 g/mol. The first-order chi connectivity index (χ1) is 6.18. The molecule has 2 unspecified atom stereocenters. The summed E-state index contributed by atoms with van der Waals surface area (Å²) in [4.78, 5) is 15.7. The summed E-state index contributed by atoms with van der Waals surface area (Å²) >= 11 is 0. The largest absolute Gasteiger partial charge is 0.336 e. The Morgan fingerprint density at radius 1 is 1.46 bits per heavy atom. The molecule has 4 heteroatoms. The van der Waals surface area contributed by atoms with Crippen LogP contribution in [0.1, 0.15) is 12.8 Å². The molecule has 0 bridgehead atoms. The van der Waals surface area contributed by atoms with Crippen LogP contribution in [0.4, 0.5) is 0 Å². The second-order valence-corrected chi connectivity index (χ2v) is 4.12. The Bertz CT molecular complexity index is 219. The van der Waals surface area contributed by atoms with Crippen molar-refractivity contribution in [1.29, 1.82) is 0 Å². The van der Waals surface area contributed by atoms with E-state index in [9.17, 15) is 4.79 Å². The van der Waals surface area contributed by atoms with Crippen LogP contribution in [-0.2, 0) is 4.79 Å². The quantitative estimate of drug-likeness (QED) is 0.537. The van der Waals surface area contributed by atoms with Crippen molar-refractivity contribution in [2.45, 2.75) is 24.9 Å². The van der Waals surface area contributed by atoms with Gasteiger partial charge in [0.2, 0.25) is 5.91 Å². The van der Waals surface area contributed by atoms with E-state index in [2.05, 4.69) is 11.9 Å². The van der Waals surface area contributed by atoms with Crippen molar-refractivity contribution in [3.05, 3.63) is 0 Å². The zero-order valence-corrected chi connectivity index (χ0v) is 8.07. The fraction of sp³-hybridized carbons (Fsp3) is 0.889. The highest BCUT2D eigenvalue weighted by atomic mass is 16.2. The summed E-state index contributed by atoms with van der Waals surface area (Å²) in [5, 5.41) is 0. The van der Waals surface area contributed by atoms with E-state index in [0.717, 1.165) is 26.1 Å². The maximum Gasteiger partial charge on any atom is 0.223 e. The number of nitrogens with zero attached hydrogens (tertiary/aromatic N) is 2. The van der Waals surface area contributed by atoms with Gasteiger partial charge in [-0.25, -0.2) is 0 Å². The number of piperazine rings is 1. The Labute approximate surface area is 78.7 Å². The molecule has 0 aromatic rings. The number of piperidine rings is 1. The van der Waals surface area contributed by atoms with Crippen molar-refractivity contribution in [3.63, 3.8) is 0 Å². The van der Waals surface area contributed by atoms with Crippen molar-refractivity contribution in [3.8, 4) is 0 Å². The van der Waals surface area contributed by atoms with E-state index in [1.807, 2.05) is 4.90 Å². The predicted octanol–water partition coefficient (Wildman–Crippen LogP) is -0.750. The van der Waals surface area contributed by atoms with Gasteiger partial charge in [-0.3, -0.25) is 4.79 Å². The van der Waals surface area contributed by atoms with E-state index in [1.165, 1.54) is 0 Å². The van der Waals surface area contributed by atoms with Crippen LogP contribution in [0.25, 0.3) is 0 Å². The number of rotatable bonds is 0. The highest BCUT2D eigenvalue weighted by Crippen LogP contribution is 2.20. The molecule has 0 radical (unpaired) electrons. The Kier molecular flexibility index (Phi) is 2.26. The number of carbonyl (C=O) groups excluding carboxylic acids is 1. The van der Waals surface area contributed by atoms with Crippen molar-refractivity contribution in [2.75, 3.05) is 26.7 Å². The molecule has 2 saturated heterocycles. The Morgan fingerprint density at radius 3 is 3.00 bits per heavy atom. The Hall–Kier alpha value is -0.610. The molecule has 0 aromatic carbocycles. The maximum absolute atomic E-state index is 11.5. The third-order valence-corrected chi connectivity index (χ3v) is 3.13. The molecule has 2 atom stereocenters. The summed E-state index contributed by atoms with van der Waals surface area (Å²) in [6, 6.07) is 0.445. The first kappa shape index (κ1) is 8.97. The van der Waals surface area contributed by atoms with Gasteiger partial charge in [-0.05, 0) is 13.5 Å². The maximum atomic E-state index is 11.5. The molecule has 4 nitrogen and oxygen atoms in total. The summed E-state index contributed by atoms with van der Waals surface area (Å²) in [5.41, 5.74) is 5.99. The summed E-state index contributed by atoms with van der Waals surface area (Å²) in [6.45, 7) is 2.77. The SMILES string of the molecule is CN1CCN2C(=O)CCC(N)C2C1. The minimum Gasteiger partial charge on any atom is -0.336 e. The van der Waals surface area contributed by atoms with Gasteiger partial charge >= 0.3 is 0 Å². The molecule has 0 aliphatic carbocycles. The normalized spacial score (nSPS) is 36.2. The number of amides is 1. The van der Waals surface area contributed by atoms with Crippen molar-refractivity contribution >= 4 is 5.91 Å². The van der Waals surface area contributed by atoms with Crippen LogP contribution in [0.3, 0.4) is 0 Å². The van der Waals surface area contributed by atoms with Gasteiger partial charge in [-0.2, -0.15) is 0 Å². The standard InChI is InChI=1S/C9H17N3O/c1-11-4-5-12-8(6-11)7(10)2-3-9(12)13/h7-8H,2-6,10H2,1H3. The molecule has 13 heavy (non-hydrogen) atoms. The molecule has 0 spiro atoms. The molecule has 1 amide bonds. The number of carbonyl (C=O) groups is 1. The third kappa shape index (κ3) is 1.56. The summed E-state index contributed by atoms with van der Waals surface area (Å²) in [6.07, 6.45) is 1.50. The van der Waals surface area contributed by atoms with Crippen LogP contribution in [0.5, 0.6) is 0 Å². The summed E-state index contributed by atoms with van der Waals surface area (Å²) in [7, 11) is 2.09. The fourth-order valence-corrected chi connectivity index (χ4v) is 2.26. The molecule has 2 fully saturated rings. The van der Waals surface area contributed by atoms with E-state index in [-0.39, 0.29) is 12.1 Å². The van der Waals surface area contributed by atoms with Crippen LogP contribution in [0.15, 0.2) is 0 Å². The molecule has 2 rings (SSSR count). The van der Waals surface area contributed by atoms with Crippen LogP contribution in [-0.4, -0.2) is 54.5 Å². The van der Waals surface area contributed by atoms with Gasteiger partial charge < -0.3 is 15.5 Å². The molecule has 0 aromatic heterocycles. The zero-order chi connectivity index (χ0) is 9.42. The topological polar surface area (TPSA) is 49.6 Å². The van der Waals surface area contributed by atoms with Crippen molar-refractivity contribution < 1.29 is 4.79 Å². The molecular formula is C9H17N3O.